The molecule has 0 N–H and O–H groups in total. The fourth-order valence-corrected chi connectivity index (χ4v) is 1.91. The van der Waals surface area contributed by atoms with Crippen molar-refractivity contribution < 1.29 is 22.7 Å². The van der Waals surface area contributed by atoms with Crippen molar-refractivity contribution in [2.75, 3.05) is 7.11 Å². The lowest BCUT2D eigenvalue weighted by molar-refractivity contribution is -0.137. The number of hydrogen-bond donors (Lipinski definition) is 0. The summed E-state index contributed by atoms with van der Waals surface area (Å²) in [7, 11) is 1.18. The molecule has 0 aliphatic rings. The third-order valence-electron chi connectivity index (χ3n) is 2.76. The van der Waals surface area contributed by atoms with Gasteiger partial charge in [-0.25, -0.2) is 9.78 Å². The Morgan fingerprint density at radius 2 is 1.76 bits per heavy atom. The summed E-state index contributed by atoms with van der Waals surface area (Å²) in [6.07, 6.45) is -4.41. The second-order valence-corrected chi connectivity index (χ2v) is 4.48. The molecule has 0 atom stereocenters. The molecule has 0 aliphatic carbocycles. The van der Waals surface area contributed by atoms with Gasteiger partial charge in [0.05, 0.1) is 12.7 Å². The van der Waals surface area contributed by atoms with Crippen LogP contribution in [0, 0.1) is 0 Å². The Hall–Kier alpha value is -2.08. The average molecular weight is 316 g/mol. The van der Waals surface area contributed by atoms with Crippen LogP contribution in [0.2, 0.25) is 5.15 Å². The maximum Gasteiger partial charge on any atom is 0.416 e. The van der Waals surface area contributed by atoms with Crippen molar-refractivity contribution in [1.29, 1.82) is 0 Å². The lowest BCUT2D eigenvalue weighted by Gasteiger charge is -2.10. The Labute approximate surface area is 123 Å². The van der Waals surface area contributed by atoms with Crippen LogP contribution >= 0.6 is 11.6 Å². The number of halogens is 4. The summed E-state index contributed by atoms with van der Waals surface area (Å²) < 4.78 is 42.2. The van der Waals surface area contributed by atoms with Crippen LogP contribution in [0.15, 0.2) is 36.4 Å². The lowest BCUT2D eigenvalue weighted by atomic mass is 10.0. The minimum Gasteiger partial charge on any atom is -0.464 e. The standard InChI is InChI=1S/C14H9ClF3NO2/c1-21-13(20)12-10(6-7-11(15)19-12)8-2-4-9(5-3-8)14(16,17)18/h2-7H,1H3. The summed E-state index contributed by atoms with van der Waals surface area (Å²) in [6, 6.07) is 7.35. The Balaban J connectivity index is 2.49. The molecule has 2 aromatic rings. The van der Waals surface area contributed by atoms with E-state index in [1.54, 1.807) is 0 Å². The van der Waals surface area contributed by atoms with Crippen molar-refractivity contribution in [3.8, 4) is 11.1 Å². The van der Waals surface area contributed by atoms with Gasteiger partial charge in [0.2, 0.25) is 0 Å². The van der Waals surface area contributed by atoms with Gasteiger partial charge in [0, 0.05) is 5.56 Å². The van der Waals surface area contributed by atoms with Gasteiger partial charge in [0.25, 0.3) is 0 Å². The number of pyridine rings is 1. The SMILES string of the molecule is COC(=O)c1nc(Cl)ccc1-c1ccc(C(F)(F)F)cc1. The predicted molar refractivity (Wildman–Crippen MR) is 71.0 cm³/mol. The van der Waals surface area contributed by atoms with E-state index in [0.29, 0.717) is 11.1 Å². The number of aromatic nitrogens is 1. The molecule has 0 fully saturated rings. The maximum absolute atomic E-state index is 12.5. The van der Waals surface area contributed by atoms with Crippen molar-refractivity contribution in [1.82, 2.24) is 4.98 Å². The highest BCUT2D eigenvalue weighted by Crippen LogP contribution is 2.32. The Bertz CT molecular complexity index is 669. The molecule has 0 unspecified atom stereocenters. The normalized spacial score (nSPS) is 11.3. The first kappa shape index (κ1) is 15.3. The molecule has 0 aliphatic heterocycles. The number of nitrogens with zero attached hydrogens (tertiary/aromatic N) is 1. The number of carbonyl (C=O) groups is 1. The minimum absolute atomic E-state index is 0.0511. The summed E-state index contributed by atoms with van der Waals surface area (Å²) in [6.45, 7) is 0. The van der Waals surface area contributed by atoms with E-state index >= 15 is 0 Å². The largest absolute Gasteiger partial charge is 0.464 e. The first-order valence-electron chi connectivity index (χ1n) is 5.75. The molecular formula is C14H9ClF3NO2. The predicted octanol–water partition coefficient (Wildman–Crippen LogP) is 4.21. The highest BCUT2D eigenvalue weighted by Gasteiger charge is 2.30. The van der Waals surface area contributed by atoms with E-state index in [-0.39, 0.29) is 10.8 Å². The van der Waals surface area contributed by atoms with Gasteiger partial charge in [-0.3, -0.25) is 0 Å². The molecule has 7 heteroatoms. The molecule has 3 nitrogen and oxygen atoms in total. The highest BCUT2D eigenvalue weighted by atomic mass is 35.5. The zero-order chi connectivity index (χ0) is 15.6. The Kier molecular flexibility index (Phi) is 4.18. The van der Waals surface area contributed by atoms with E-state index in [9.17, 15) is 18.0 Å². The Morgan fingerprint density at radius 1 is 1.14 bits per heavy atom. The lowest BCUT2D eigenvalue weighted by Crippen LogP contribution is -2.07. The van der Waals surface area contributed by atoms with Gasteiger partial charge >= 0.3 is 12.1 Å². The minimum atomic E-state index is -4.41. The topological polar surface area (TPSA) is 39.2 Å². The second kappa shape index (κ2) is 5.73. The summed E-state index contributed by atoms with van der Waals surface area (Å²) in [5, 5.41) is 0.0889. The van der Waals surface area contributed by atoms with Crippen LogP contribution in [0.1, 0.15) is 16.1 Å². The molecule has 0 amide bonds. The Morgan fingerprint density at radius 3 is 2.29 bits per heavy atom. The molecule has 21 heavy (non-hydrogen) atoms. The van der Waals surface area contributed by atoms with Crippen LogP contribution in [0.4, 0.5) is 13.2 Å². The number of ether oxygens (including phenoxy) is 1. The van der Waals surface area contributed by atoms with E-state index in [0.717, 1.165) is 12.1 Å². The fourth-order valence-electron chi connectivity index (χ4n) is 1.76. The van der Waals surface area contributed by atoms with Gasteiger partial charge < -0.3 is 4.74 Å². The van der Waals surface area contributed by atoms with Crippen molar-refractivity contribution in [2.24, 2.45) is 0 Å². The zero-order valence-corrected chi connectivity index (χ0v) is 11.5. The van der Waals surface area contributed by atoms with E-state index in [2.05, 4.69) is 9.72 Å². The second-order valence-electron chi connectivity index (χ2n) is 4.10. The van der Waals surface area contributed by atoms with Crippen LogP contribution in [-0.2, 0) is 10.9 Å². The van der Waals surface area contributed by atoms with Gasteiger partial charge in [0.15, 0.2) is 5.69 Å². The van der Waals surface area contributed by atoms with Crippen LogP contribution < -0.4 is 0 Å². The van der Waals surface area contributed by atoms with Crippen molar-refractivity contribution in [3.05, 3.63) is 52.8 Å². The molecule has 0 spiro atoms. The summed E-state index contributed by atoms with van der Waals surface area (Å²) in [5.41, 5.74) is -0.0647. The van der Waals surface area contributed by atoms with Gasteiger partial charge in [-0.1, -0.05) is 23.7 Å². The number of methoxy groups -OCH3 is 1. The quantitative estimate of drug-likeness (QED) is 0.615. The van der Waals surface area contributed by atoms with Crippen LogP contribution in [0.25, 0.3) is 11.1 Å². The molecule has 2 rings (SSSR count). The zero-order valence-electron chi connectivity index (χ0n) is 10.7. The summed E-state index contributed by atoms with van der Waals surface area (Å²) in [4.78, 5) is 15.5. The number of alkyl halides is 3. The number of rotatable bonds is 2. The molecule has 0 saturated heterocycles. The van der Waals surface area contributed by atoms with Crippen LogP contribution in [0.3, 0.4) is 0 Å². The molecule has 1 aromatic carbocycles. The molecule has 0 radical (unpaired) electrons. The van der Waals surface area contributed by atoms with Gasteiger partial charge in [-0.05, 0) is 29.8 Å². The first-order valence-corrected chi connectivity index (χ1v) is 6.13. The van der Waals surface area contributed by atoms with Crippen molar-refractivity contribution in [3.63, 3.8) is 0 Å². The van der Waals surface area contributed by atoms with Gasteiger partial charge in [-0.15, -0.1) is 0 Å². The number of carbonyl (C=O) groups excluding carboxylic acids is 1. The van der Waals surface area contributed by atoms with E-state index in [1.807, 2.05) is 0 Å². The third kappa shape index (κ3) is 3.33. The van der Waals surface area contributed by atoms with Crippen LogP contribution in [0.5, 0.6) is 0 Å². The molecule has 110 valence electrons. The smallest absolute Gasteiger partial charge is 0.416 e. The maximum atomic E-state index is 12.5. The molecule has 0 saturated carbocycles. The average Bonchev–Trinajstić information content (AvgIpc) is 2.45. The molecule has 1 aromatic heterocycles. The van der Waals surface area contributed by atoms with Crippen LogP contribution in [-0.4, -0.2) is 18.1 Å². The molecule has 1 heterocycles. The summed E-state index contributed by atoms with van der Waals surface area (Å²) in [5.74, 6) is -0.715. The fraction of sp³-hybridized carbons (Fsp3) is 0.143. The number of benzene rings is 1. The number of hydrogen-bond acceptors (Lipinski definition) is 3. The number of esters is 1. The molecular weight excluding hydrogens is 307 g/mol. The van der Waals surface area contributed by atoms with E-state index in [4.69, 9.17) is 11.6 Å². The van der Waals surface area contributed by atoms with Crippen molar-refractivity contribution >= 4 is 17.6 Å². The highest BCUT2D eigenvalue weighted by molar-refractivity contribution is 6.29. The van der Waals surface area contributed by atoms with E-state index in [1.165, 1.54) is 31.4 Å². The molecule has 0 bridgehead atoms. The summed E-state index contributed by atoms with van der Waals surface area (Å²) >= 11 is 5.72. The van der Waals surface area contributed by atoms with E-state index < -0.39 is 17.7 Å². The third-order valence-corrected chi connectivity index (χ3v) is 2.97. The van der Waals surface area contributed by atoms with Crippen molar-refractivity contribution in [2.45, 2.75) is 6.18 Å². The first-order chi connectivity index (χ1) is 9.82. The monoisotopic (exact) mass is 315 g/mol. The van der Waals surface area contributed by atoms with Gasteiger partial charge in [0.1, 0.15) is 5.15 Å². The van der Waals surface area contributed by atoms with Gasteiger partial charge in [-0.2, -0.15) is 13.2 Å².